The van der Waals surface area contributed by atoms with Crippen molar-refractivity contribution >= 4 is 34.7 Å². The second-order valence-electron chi connectivity index (χ2n) is 9.94. The molecule has 0 aliphatic carbocycles. The maximum Gasteiger partial charge on any atom is 0.277 e. The van der Waals surface area contributed by atoms with Crippen LogP contribution in [0.15, 0.2) is 70.2 Å². The number of hydrazone groups is 1. The Hall–Kier alpha value is -2.61. The summed E-state index contributed by atoms with van der Waals surface area (Å²) in [5.41, 5.74) is 5.01. The number of ether oxygens (including phenoxy) is 1. The molecule has 0 bridgehead atoms. The molecule has 0 saturated heterocycles. The number of hydrogen-bond donors (Lipinski definition) is 1. The zero-order valence-electron chi connectivity index (χ0n) is 19.8. The molecule has 1 N–H and O–H groups in total. The molecule has 6 heteroatoms. The molecule has 2 aromatic carbocycles. The summed E-state index contributed by atoms with van der Waals surface area (Å²) in [4.78, 5) is 12.1. The van der Waals surface area contributed by atoms with Crippen molar-refractivity contribution in [2.24, 2.45) is 10.5 Å². The molecule has 3 aromatic rings. The molecule has 33 heavy (non-hydrogen) atoms. The van der Waals surface area contributed by atoms with Crippen LogP contribution in [0.25, 0.3) is 11.3 Å². The number of carbonyl (C=O) groups excluding carboxylic acids is 1. The van der Waals surface area contributed by atoms with Crippen LogP contribution in [-0.2, 0) is 10.2 Å². The Morgan fingerprint density at radius 2 is 1.67 bits per heavy atom. The van der Waals surface area contributed by atoms with Gasteiger partial charge >= 0.3 is 0 Å². The van der Waals surface area contributed by atoms with Gasteiger partial charge in [-0.1, -0.05) is 58.9 Å². The van der Waals surface area contributed by atoms with Crippen molar-refractivity contribution in [1.82, 2.24) is 5.43 Å². The number of rotatable bonds is 8. The van der Waals surface area contributed by atoms with Crippen LogP contribution >= 0.6 is 22.6 Å². The highest BCUT2D eigenvalue weighted by Crippen LogP contribution is 2.36. The minimum Gasteiger partial charge on any atom is -0.484 e. The molecular formula is C27H31IN2O3. The van der Waals surface area contributed by atoms with Crippen LogP contribution in [0.4, 0.5) is 0 Å². The standard InChI is InChI=1S/C27H31IN2O3/c1-26(2,3)18-27(4,5)20-8-12-22(13-9-20)32-17-25(31)30-29-16-23-14-15-24(33-23)19-6-10-21(28)11-7-19/h6-16H,17-18H2,1-5H3,(H,30,31)/b29-16+. The van der Waals surface area contributed by atoms with E-state index in [0.29, 0.717) is 11.5 Å². The topological polar surface area (TPSA) is 63.8 Å². The van der Waals surface area contributed by atoms with Crippen LogP contribution in [0, 0.1) is 8.99 Å². The molecule has 0 unspecified atom stereocenters. The molecule has 3 rings (SSSR count). The molecule has 0 radical (unpaired) electrons. The summed E-state index contributed by atoms with van der Waals surface area (Å²) in [7, 11) is 0. The second-order valence-corrected chi connectivity index (χ2v) is 11.2. The van der Waals surface area contributed by atoms with Gasteiger partial charge in [0, 0.05) is 9.13 Å². The van der Waals surface area contributed by atoms with Crippen LogP contribution < -0.4 is 10.2 Å². The lowest BCUT2D eigenvalue weighted by molar-refractivity contribution is -0.123. The zero-order valence-corrected chi connectivity index (χ0v) is 22.0. The van der Waals surface area contributed by atoms with E-state index >= 15 is 0 Å². The molecule has 0 aliphatic heterocycles. The quantitative estimate of drug-likeness (QED) is 0.188. The lowest BCUT2D eigenvalue weighted by Gasteiger charge is -2.33. The molecule has 0 aliphatic rings. The summed E-state index contributed by atoms with van der Waals surface area (Å²) in [6.07, 6.45) is 2.54. The van der Waals surface area contributed by atoms with Gasteiger partial charge in [-0.05, 0) is 81.8 Å². The maximum absolute atomic E-state index is 12.1. The summed E-state index contributed by atoms with van der Waals surface area (Å²) in [5.74, 6) is 1.61. The molecule has 0 spiro atoms. The highest BCUT2D eigenvalue weighted by molar-refractivity contribution is 14.1. The molecule has 1 aromatic heterocycles. The predicted octanol–water partition coefficient (Wildman–Crippen LogP) is 6.79. The molecule has 5 nitrogen and oxygen atoms in total. The predicted molar refractivity (Wildman–Crippen MR) is 142 cm³/mol. The zero-order chi connectivity index (χ0) is 24.1. The first kappa shape index (κ1) is 25.0. The third-order valence-corrected chi connectivity index (χ3v) is 5.83. The van der Waals surface area contributed by atoms with Gasteiger partial charge in [0.1, 0.15) is 17.3 Å². The number of nitrogens with zero attached hydrogens (tertiary/aromatic N) is 1. The Balaban J connectivity index is 1.48. The van der Waals surface area contributed by atoms with Crippen molar-refractivity contribution in [3.05, 3.63) is 75.6 Å². The average molecular weight is 558 g/mol. The summed E-state index contributed by atoms with van der Waals surface area (Å²) in [5, 5.41) is 3.96. The Kier molecular flexibility index (Phi) is 8.00. The van der Waals surface area contributed by atoms with Crippen molar-refractivity contribution in [3.63, 3.8) is 0 Å². The van der Waals surface area contributed by atoms with Crippen LogP contribution in [0.2, 0.25) is 0 Å². The number of hydrogen-bond acceptors (Lipinski definition) is 4. The van der Waals surface area contributed by atoms with Crippen LogP contribution in [0.1, 0.15) is 52.4 Å². The third-order valence-electron chi connectivity index (χ3n) is 5.11. The number of benzene rings is 2. The molecule has 1 amide bonds. The van der Waals surface area contributed by atoms with Gasteiger partial charge in [0.2, 0.25) is 0 Å². The van der Waals surface area contributed by atoms with E-state index in [1.165, 1.54) is 11.8 Å². The van der Waals surface area contributed by atoms with Gasteiger partial charge in [-0.2, -0.15) is 5.10 Å². The third kappa shape index (κ3) is 7.74. The summed E-state index contributed by atoms with van der Waals surface area (Å²) in [6.45, 7) is 11.1. The summed E-state index contributed by atoms with van der Waals surface area (Å²) >= 11 is 2.26. The molecule has 0 fully saturated rings. The van der Waals surface area contributed by atoms with E-state index in [1.54, 1.807) is 0 Å². The molecule has 1 heterocycles. The SMILES string of the molecule is CC(C)(C)CC(C)(C)c1ccc(OCC(=O)N/N=C/c2ccc(-c3ccc(I)cc3)o2)cc1. The minimum absolute atomic E-state index is 0.0632. The smallest absolute Gasteiger partial charge is 0.277 e. The highest BCUT2D eigenvalue weighted by Gasteiger charge is 2.27. The van der Waals surface area contributed by atoms with E-state index in [1.807, 2.05) is 48.5 Å². The number of halogens is 1. The fourth-order valence-corrected chi connectivity index (χ4v) is 4.33. The van der Waals surface area contributed by atoms with Crippen molar-refractivity contribution in [3.8, 4) is 17.1 Å². The Bertz CT molecular complexity index is 1090. The second kappa shape index (κ2) is 10.5. The van der Waals surface area contributed by atoms with Crippen LogP contribution in [-0.4, -0.2) is 18.7 Å². The first-order valence-corrected chi connectivity index (χ1v) is 12.0. The maximum atomic E-state index is 12.1. The minimum atomic E-state index is -0.340. The van der Waals surface area contributed by atoms with E-state index in [-0.39, 0.29) is 23.3 Å². The number of nitrogens with one attached hydrogen (secondary N) is 1. The van der Waals surface area contributed by atoms with E-state index in [0.717, 1.165) is 21.3 Å². The lowest BCUT2D eigenvalue weighted by atomic mass is 9.72. The van der Waals surface area contributed by atoms with Gasteiger partial charge in [-0.25, -0.2) is 5.43 Å². The first-order chi connectivity index (χ1) is 15.5. The number of carbonyl (C=O) groups is 1. The normalized spacial score (nSPS) is 12.2. The van der Waals surface area contributed by atoms with Gasteiger partial charge in [-0.3, -0.25) is 4.79 Å². The van der Waals surface area contributed by atoms with Crippen LogP contribution in [0.3, 0.4) is 0 Å². The fraction of sp³-hybridized carbons (Fsp3) is 0.333. The Morgan fingerprint density at radius 1 is 1.00 bits per heavy atom. The van der Waals surface area contributed by atoms with Crippen LogP contribution in [0.5, 0.6) is 5.75 Å². The highest BCUT2D eigenvalue weighted by atomic mass is 127. The molecule has 0 saturated carbocycles. The molecular weight excluding hydrogens is 527 g/mol. The summed E-state index contributed by atoms with van der Waals surface area (Å²) < 4.78 is 12.5. The lowest BCUT2D eigenvalue weighted by Crippen LogP contribution is -2.25. The number of furan rings is 1. The van der Waals surface area contributed by atoms with Crippen molar-refractivity contribution in [1.29, 1.82) is 0 Å². The fourth-order valence-electron chi connectivity index (χ4n) is 3.97. The molecule has 174 valence electrons. The van der Waals surface area contributed by atoms with E-state index in [9.17, 15) is 4.79 Å². The largest absolute Gasteiger partial charge is 0.484 e. The van der Waals surface area contributed by atoms with E-state index in [2.05, 4.69) is 79.9 Å². The van der Waals surface area contributed by atoms with Gasteiger partial charge in [-0.15, -0.1) is 0 Å². The Morgan fingerprint density at radius 3 is 2.30 bits per heavy atom. The van der Waals surface area contributed by atoms with Gasteiger partial charge < -0.3 is 9.15 Å². The Labute approximate surface area is 209 Å². The van der Waals surface area contributed by atoms with Crippen molar-refractivity contribution < 1.29 is 13.9 Å². The van der Waals surface area contributed by atoms with E-state index in [4.69, 9.17) is 9.15 Å². The summed E-state index contributed by atoms with van der Waals surface area (Å²) in [6, 6.07) is 19.7. The van der Waals surface area contributed by atoms with Gasteiger partial charge in [0.05, 0.1) is 6.21 Å². The average Bonchev–Trinajstić information content (AvgIpc) is 3.20. The van der Waals surface area contributed by atoms with E-state index < -0.39 is 0 Å². The van der Waals surface area contributed by atoms with Gasteiger partial charge in [0.25, 0.3) is 5.91 Å². The monoisotopic (exact) mass is 558 g/mol. The van der Waals surface area contributed by atoms with Gasteiger partial charge in [0.15, 0.2) is 6.61 Å². The first-order valence-electron chi connectivity index (χ1n) is 10.9. The number of amides is 1. The van der Waals surface area contributed by atoms with Crippen molar-refractivity contribution in [2.45, 2.75) is 46.5 Å². The van der Waals surface area contributed by atoms with Crippen molar-refractivity contribution in [2.75, 3.05) is 6.61 Å². The molecule has 0 atom stereocenters.